The fourth-order valence-corrected chi connectivity index (χ4v) is 3.39. The van der Waals surface area contributed by atoms with Crippen LogP contribution in [-0.4, -0.2) is 17.7 Å². The summed E-state index contributed by atoms with van der Waals surface area (Å²) in [6, 6.07) is 20.6. The summed E-state index contributed by atoms with van der Waals surface area (Å²) >= 11 is 0. The second kappa shape index (κ2) is 8.15. The molecule has 0 amide bonds. The Hall–Kier alpha value is -1.35. The Morgan fingerprint density at radius 1 is 0.958 bits per heavy atom. The third kappa shape index (κ3) is 4.00. The molecule has 2 unspecified atom stereocenters. The zero-order valence-electron chi connectivity index (χ0n) is 14.5. The maximum Gasteiger partial charge on any atom is 0.118 e. The lowest BCUT2D eigenvalue weighted by atomic mass is 9.77. The molecule has 0 aromatic heterocycles. The highest BCUT2D eigenvalue weighted by Crippen LogP contribution is 2.37. The normalized spacial score (nSPS) is 17.0. The largest absolute Gasteiger partial charge is 0.380 e. The summed E-state index contributed by atoms with van der Waals surface area (Å²) in [5, 5.41) is 15.3. The van der Waals surface area contributed by atoms with Crippen molar-refractivity contribution in [2.24, 2.45) is 11.8 Å². The molecule has 3 heteroatoms. The van der Waals surface area contributed by atoms with Crippen LogP contribution in [-0.2, 0) is 5.60 Å². The van der Waals surface area contributed by atoms with E-state index < -0.39 is 5.60 Å². The lowest BCUT2D eigenvalue weighted by molar-refractivity contribution is 0.0229. The van der Waals surface area contributed by atoms with E-state index in [2.05, 4.69) is 19.2 Å². The summed E-state index contributed by atoms with van der Waals surface area (Å²) in [7, 11) is 0. The van der Waals surface area contributed by atoms with Gasteiger partial charge in [-0.05, 0) is 36.8 Å². The molecule has 1 aliphatic rings. The van der Waals surface area contributed by atoms with Crippen molar-refractivity contribution in [3.05, 3.63) is 71.8 Å². The molecule has 3 rings (SSSR count). The average molecular weight is 346 g/mol. The van der Waals surface area contributed by atoms with Crippen molar-refractivity contribution in [3.63, 3.8) is 0 Å². The molecule has 0 bridgehead atoms. The van der Waals surface area contributed by atoms with Gasteiger partial charge in [0.05, 0.1) is 0 Å². The summed E-state index contributed by atoms with van der Waals surface area (Å²) < 4.78 is 0. The smallest absolute Gasteiger partial charge is 0.118 e. The molecule has 1 fully saturated rings. The van der Waals surface area contributed by atoms with E-state index in [1.165, 1.54) is 12.8 Å². The van der Waals surface area contributed by atoms with E-state index in [4.69, 9.17) is 0 Å². The van der Waals surface area contributed by atoms with Crippen molar-refractivity contribution >= 4 is 12.4 Å². The van der Waals surface area contributed by atoms with Crippen LogP contribution in [0.5, 0.6) is 0 Å². The first-order valence-electron chi connectivity index (χ1n) is 8.69. The molecule has 2 atom stereocenters. The molecule has 0 aliphatic heterocycles. The van der Waals surface area contributed by atoms with Crippen LogP contribution in [0.3, 0.4) is 0 Å². The number of hydrogen-bond acceptors (Lipinski definition) is 2. The topological polar surface area (TPSA) is 32.3 Å². The van der Waals surface area contributed by atoms with Gasteiger partial charge in [-0.3, -0.25) is 0 Å². The minimum Gasteiger partial charge on any atom is -0.380 e. The molecule has 1 saturated carbocycles. The van der Waals surface area contributed by atoms with Gasteiger partial charge in [0.1, 0.15) is 5.60 Å². The molecule has 2 N–H and O–H groups in total. The molecule has 24 heavy (non-hydrogen) atoms. The van der Waals surface area contributed by atoms with Crippen molar-refractivity contribution in [2.45, 2.75) is 38.3 Å². The predicted molar refractivity (Wildman–Crippen MR) is 102 cm³/mol. The highest BCUT2D eigenvalue weighted by molar-refractivity contribution is 5.85. The average Bonchev–Trinajstić information content (AvgIpc) is 3.45. The van der Waals surface area contributed by atoms with Gasteiger partial charge in [-0.25, -0.2) is 0 Å². The molecular weight excluding hydrogens is 318 g/mol. The Bertz CT molecular complexity index is 573. The van der Waals surface area contributed by atoms with Crippen molar-refractivity contribution in [2.75, 3.05) is 6.54 Å². The Kier molecular flexibility index (Phi) is 6.45. The summed E-state index contributed by atoms with van der Waals surface area (Å²) in [6.07, 6.45) is 2.67. The fourth-order valence-electron chi connectivity index (χ4n) is 3.39. The van der Waals surface area contributed by atoms with Crippen LogP contribution in [0.15, 0.2) is 60.7 Å². The second-order valence-corrected chi connectivity index (χ2v) is 6.93. The Morgan fingerprint density at radius 2 is 1.42 bits per heavy atom. The van der Waals surface area contributed by atoms with Gasteiger partial charge >= 0.3 is 0 Å². The van der Waals surface area contributed by atoms with Crippen LogP contribution >= 0.6 is 12.4 Å². The third-order valence-electron chi connectivity index (χ3n) is 5.22. The molecule has 2 nitrogen and oxygen atoms in total. The summed E-state index contributed by atoms with van der Waals surface area (Å²) in [5.41, 5.74) is 0.942. The highest BCUT2D eigenvalue weighted by atomic mass is 35.5. The zero-order chi connectivity index (χ0) is 16.3. The number of aliphatic hydroxyl groups is 1. The first kappa shape index (κ1) is 19.0. The number of benzene rings is 2. The van der Waals surface area contributed by atoms with E-state index in [1.807, 2.05) is 60.7 Å². The molecule has 1 aliphatic carbocycles. The van der Waals surface area contributed by atoms with Crippen LogP contribution in [0.1, 0.15) is 37.8 Å². The highest BCUT2D eigenvalue weighted by Gasteiger charge is 2.38. The summed E-state index contributed by atoms with van der Waals surface area (Å²) in [4.78, 5) is 0. The van der Waals surface area contributed by atoms with Gasteiger partial charge in [0.2, 0.25) is 0 Å². The van der Waals surface area contributed by atoms with Gasteiger partial charge in [0.25, 0.3) is 0 Å². The monoisotopic (exact) mass is 345 g/mol. The quantitative estimate of drug-likeness (QED) is 0.781. The predicted octanol–water partition coefficient (Wildman–Crippen LogP) is 4.37. The van der Waals surface area contributed by atoms with Crippen molar-refractivity contribution in [3.8, 4) is 0 Å². The van der Waals surface area contributed by atoms with E-state index in [-0.39, 0.29) is 18.3 Å². The van der Waals surface area contributed by atoms with Gasteiger partial charge in [-0.15, -0.1) is 12.4 Å². The maximum absolute atomic E-state index is 11.6. The van der Waals surface area contributed by atoms with Crippen LogP contribution in [0.4, 0.5) is 0 Å². The fraction of sp³-hybridized carbons (Fsp3) is 0.429. The van der Waals surface area contributed by atoms with Gasteiger partial charge < -0.3 is 10.4 Å². The Morgan fingerprint density at radius 3 is 1.83 bits per heavy atom. The first-order chi connectivity index (χ1) is 11.1. The van der Waals surface area contributed by atoms with Gasteiger partial charge in [-0.2, -0.15) is 0 Å². The van der Waals surface area contributed by atoms with Crippen molar-refractivity contribution in [1.29, 1.82) is 0 Å². The number of halogens is 1. The Labute approximate surface area is 151 Å². The van der Waals surface area contributed by atoms with Gasteiger partial charge in [0.15, 0.2) is 0 Å². The molecule has 2 aromatic carbocycles. The summed E-state index contributed by atoms with van der Waals surface area (Å²) in [5.74, 6) is 0.900. The number of nitrogens with one attached hydrogen (secondary N) is 1. The van der Waals surface area contributed by atoms with Gasteiger partial charge in [0, 0.05) is 18.5 Å². The van der Waals surface area contributed by atoms with E-state index in [9.17, 15) is 5.11 Å². The van der Waals surface area contributed by atoms with E-state index >= 15 is 0 Å². The van der Waals surface area contributed by atoms with Crippen LogP contribution in [0.2, 0.25) is 0 Å². The summed E-state index contributed by atoms with van der Waals surface area (Å²) in [6.45, 7) is 5.19. The van der Waals surface area contributed by atoms with E-state index in [0.717, 1.165) is 23.6 Å². The van der Waals surface area contributed by atoms with Crippen LogP contribution in [0.25, 0.3) is 0 Å². The molecule has 2 aromatic rings. The second-order valence-electron chi connectivity index (χ2n) is 6.93. The third-order valence-corrected chi connectivity index (χ3v) is 5.22. The standard InChI is InChI=1S/C21H27NO.ClH/c1-16(15-22-17(2)18-13-14-18)21(23,19-9-5-3-6-10-19)20-11-7-4-8-12-20;/h3-12,16-18,22-23H,13-15H2,1-2H3;1H. The van der Waals surface area contributed by atoms with Crippen molar-refractivity contribution in [1.82, 2.24) is 5.32 Å². The van der Waals surface area contributed by atoms with Crippen molar-refractivity contribution < 1.29 is 5.11 Å². The van der Waals surface area contributed by atoms with E-state index in [1.54, 1.807) is 0 Å². The molecular formula is C21H28ClNO. The van der Waals surface area contributed by atoms with Gasteiger partial charge in [-0.1, -0.05) is 67.6 Å². The molecule has 0 spiro atoms. The minimum atomic E-state index is -0.973. The molecule has 0 saturated heterocycles. The maximum atomic E-state index is 11.6. The molecule has 130 valence electrons. The van der Waals surface area contributed by atoms with E-state index in [0.29, 0.717) is 6.04 Å². The Balaban J connectivity index is 0.00000208. The zero-order valence-corrected chi connectivity index (χ0v) is 15.3. The molecule has 0 heterocycles. The lowest BCUT2D eigenvalue weighted by Crippen LogP contribution is -2.43. The SMILES string of the molecule is CC(NCC(C)C(O)(c1ccccc1)c1ccccc1)C1CC1.Cl. The molecule has 0 radical (unpaired) electrons. The number of rotatable bonds is 7. The first-order valence-corrected chi connectivity index (χ1v) is 8.69. The lowest BCUT2D eigenvalue weighted by Gasteiger charge is -2.36. The minimum absolute atomic E-state index is 0. The van der Waals surface area contributed by atoms with Crippen LogP contribution in [0, 0.1) is 11.8 Å². The number of hydrogen-bond donors (Lipinski definition) is 2. The van der Waals surface area contributed by atoms with Crippen LogP contribution < -0.4 is 5.32 Å².